The molecule has 0 N–H and O–H groups in total. The quantitative estimate of drug-likeness (QED) is 0.636. The fourth-order valence-electron chi connectivity index (χ4n) is 9.05. The highest BCUT2D eigenvalue weighted by Crippen LogP contribution is 2.82. The van der Waals surface area contributed by atoms with Crippen molar-refractivity contribution in [2.45, 2.75) is 64.1 Å². The average molecular weight is 439 g/mol. The number of hydrogen-bond donors (Lipinski definition) is 0. The van der Waals surface area contributed by atoms with Crippen LogP contribution in [0.5, 0.6) is 5.75 Å². The van der Waals surface area contributed by atoms with Crippen LogP contribution in [0.3, 0.4) is 0 Å². The van der Waals surface area contributed by atoms with Crippen LogP contribution in [0.1, 0.15) is 63.0 Å². The number of carbonyl (C=O) groups excluding carboxylic acids is 1. The van der Waals surface area contributed by atoms with Gasteiger partial charge < -0.3 is 18.9 Å². The molecule has 6 rings (SSSR count). The van der Waals surface area contributed by atoms with Gasteiger partial charge >= 0.3 is 5.97 Å². The number of benzene rings is 1. The molecule has 0 aromatic heterocycles. The Kier molecular flexibility index (Phi) is 4.28. The summed E-state index contributed by atoms with van der Waals surface area (Å²) in [5.41, 5.74) is 3.13. The summed E-state index contributed by atoms with van der Waals surface area (Å²) in [5, 5.41) is 0. The van der Waals surface area contributed by atoms with E-state index in [1.54, 1.807) is 7.11 Å². The third kappa shape index (κ3) is 2.15. The van der Waals surface area contributed by atoms with E-state index in [1.807, 2.05) is 0 Å². The normalized spacial score (nSPS) is 40.8. The Hall–Kier alpha value is -1.85. The van der Waals surface area contributed by atoms with Gasteiger partial charge in [0.15, 0.2) is 5.79 Å². The van der Waals surface area contributed by atoms with Gasteiger partial charge in [0.05, 0.1) is 32.8 Å². The summed E-state index contributed by atoms with van der Waals surface area (Å²) < 4.78 is 23.5. The summed E-state index contributed by atoms with van der Waals surface area (Å²) in [5.74, 6) is 0.971. The molecule has 1 aliphatic heterocycles. The Morgan fingerprint density at radius 2 is 1.84 bits per heavy atom. The summed E-state index contributed by atoms with van der Waals surface area (Å²) in [4.78, 5) is 13.2. The van der Waals surface area contributed by atoms with Gasteiger partial charge in [-0.1, -0.05) is 19.1 Å². The molecule has 1 heterocycles. The zero-order valence-electron chi connectivity index (χ0n) is 19.7. The predicted octanol–water partition coefficient (Wildman–Crippen LogP) is 4.78. The second-order valence-electron chi connectivity index (χ2n) is 10.8. The molecule has 0 spiro atoms. The number of carbonyl (C=O) groups is 1. The number of fused-ring (bicyclic) bond motifs is 3. The first-order chi connectivity index (χ1) is 15.4. The van der Waals surface area contributed by atoms with Crippen molar-refractivity contribution in [3.63, 3.8) is 0 Å². The number of hydrogen-bond acceptors (Lipinski definition) is 5. The van der Waals surface area contributed by atoms with E-state index in [0.29, 0.717) is 25.0 Å². The minimum atomic E-state index is -0.785. The highest BCUT2D eigenvalue weighted by atomic mass is 16.7. The maximum atomic E-state index is 13.2. The largest absolute Gasteiger partial charge is 0.497 e. The Labute approximate surface area is 190 Å². The van der Waals surface area contributed by atoms with Crippen molar-refractivity contribution in [3.05, 3.63) is 41.0 Å². The highest BCUT2D eigenvalue weighted by molar-refractivity contribution is 5.92. The fourth-order valence-corrected chi connectivity index (χ4v) is 9.05. The first kappa shape index (κ1) is 20.7. The van der Waals surface area contributed by atoms with Crippen LogP contribution < -0.4 is 4.74 Å². The second kappa shape index (κ2) is 6.60. The van der Waals surface area contributed by atoms with E-state index in [-0.39, 0.29) is 16.8 Å². The number of esters is 1. The van der Waals surface area contributed by atoms with E-state index in [2.05, 4.69) is 38.1 Å². The van der Waals surface area contributed by atoms with Crippen molar-refractivity contribution in [3.8, 4) is 5.75 Å². The van der Waals surface area contributed by atoms with Gasteiger partial charge in [0, 0.05) is 5.57 Å². The lowest BCUT2D eigenvalue weighted by Gasteiger charge is -2.59. The first-order valence-corrected chi connectivity index (χ1v) is 12.1. The third-order valence-electron chi connectivity index (χ3n) is 10.3. The lowest BCUT2D eigenvalue weighted by molar-refractivity contribution is -0.250. The van der Waals surface area contributed by atoms with Gasteiger partial charge in [-0.05, 0) is 91.4 Å². The van der Waals surface area contributed by atoms with Crippen molar-refractivity contribution in [1.82, 2.24) is 0 Å². The lowest BCUT2D eigenvalue weighted by Crippen LogP contribution is -2.59. The van der Waals surface area contributed by atoms with E-state index < -0.39 is 11.2 Å². The van der Waals surface area contributed by atoms with Crippen LogP contribution in [-0.4, -0.2) is 39.2 Å². The van der Waals surface area contributed by atoms with Crippen molar-refractivity contribution < 1.29 is 23.7 Å². The Balaban J connectivity index is 1.50. The number of aryl methyl sites for hydroxylation is 1. The lowest BCUT2D eigenvalue weighted by atomic mass is 9.45. The van der Waals surface area contributed by atoms with Gasteiger partial charge in [0.25, 0.3) is 0 Å². The van der Waals surface area contributed by atoms with E-state index in [1.165, 1.54) is 18.2 Å². The third-order valence-corrected chi connectivity index (χ3v) is 10.3. The van der Waals surface area contributed by atoms with Crippen molar-refractivity contribution >= 4 is 5.97 Å². The smallest absolute Gasteiger partial charge is 0.334 e. The fraction of sp³-hybridized carbons (Fsp3) is 0.667. The average Bonchev–Trinajstić information content (AvgIpc) is 3.45. The molecule has 1 aromatic carbocycles. The van der Waals surface area contributed by atoms with Crippen LogP contribution in [0.4, 0.5) is 0 Å². The molecule has 5 aliphatic rings. The molecular formula is C27H34O5. The van der Waals surface area contributed by atoms with Gasteiger partial charge in [-0.25, -0.2) is 4.79 Å². The standard InChI is InChI=1S/C27H34O5/c1-24-10-9-20-19-7-6-18(29-3)15-17(19)5-8-21(20)26(24)11-12-27(24,22(16-26)23(28)30-4)25(2)31-13-14-32-25/h6-7,15-16,20-21H,5,8-14H2,1-4H3/t20-,21-,24+,26?,27+/m1/s1. The van der Waals surface area contributed by atoms with Crippen molar-refractivity contribution in [2.75, 3.05) is 27.4 Å². The number of methoxy groups -OCH3 is 2. The van der Waals surface area contributed by atoms with Gasteiger partial charge in [0.1, 0.15) is 5.75 Å². The molecule has 1 unspecified atom stereocenters. The Bertz CT molecular complexity index is 1010. The summed E-state index contributed by atoms with van der Waals surface area (Å²) in [6.07, 6.45) is 8.72. The Morgan fingerprint density at radius 1 is 1.06 bits per heavy atom. The SMILES string of the molecule is COC(=O)C1=CC23CC[C@@]1(C1(C)OCCO1)[C@@]2(C)CC[C@@H]1c2ccc(OC)cc2CC[C@H]13. The predicted molar refractivity (Wildman–Crippen MR) is 119 cm³/mol. The van der Waals surface area contributed by atoms with Gasteiger partial charge in [-0.3, -0.25) is 0 Å². The minimum Gasteiger partial charge on any atom is -0.497 e. The topological polar surface area (TPSA) is 54.0 Å². The van der Waals surface area contributed by atoms with Crippen molar-refractivity contribution in [2.24, 2.45) is 22.2 Å². The number of ether oxygens (including phenoxy) is 4. The summed E-state index contributed by atoms with van der Waals surface area (Å²) in [7, 11) is 3.24. The number of rotatable bonds is 3. The summed E-state index contributed by atoms with van der Waals surface area (Å²) >= 11 is 0. The molecule has 1 aromatic rings. The van der Waals surface area contributed by atoms with Gasteiger partial charge in [0.2, 0.25) is 0 Å². The molecule has 2 saturated carbocycles. The van der Waals surface area contributed by atoms with Crippen LogP contribution in [0.2, 0.25) is 0 Å². The van der Waals surface area contributed by atoms with E-state index in [4.69, 9.17) is 18.9 Å². The molecule has 32 heavy (non-hydrogen) atoms. The second-order valence-corrected chi connectivity index (χ2v) is 10.8. The van der Waals surface area contributed by atoms with Crippen LogP contribution in [-0.2, 0) is 25.4 Å². The summed E-state index contributed by atoms with van der Waals surface area (Å²) in [6, 6.07) is 6.62. The van der Waals surface area contributed by atoms with Gasteiger partial charge in [-0.2, -0.15) is 0 Å². The highest BCUT2D eigenvalue weighted by Gasteiger charge is 2.80. The molecule has 0 amide bonds. The molecule has 5 atom stereocenters. The van der Waals surface area contributed by atoms with E-state index in [9.17, 15) is 4.79 Å². The molecule has 0 radical (unpaired) electrons. The molecule has 5 heteroatoms. The van der Waals surface area contributed by atoms with E-state index in [0.717, 1.165) is 49.8 Å². The first-order valence-electron chi connectivity index (χ1n) is 12.1. The molecule has 5 nitrogen and oxygen atoms in total. The number of allylic oxidation sites excluding steroid dienone is 1. The van der Waals surface area contributed by atoms with Gasteiger partial charge in [-0.15, -0.1) is 0 Å². The molecule has 1 saturated heterocycles. The minimum absolute atomic E-state index is 0.0324. The van der Waals surface area contributed by atoms with Crippen molar-refractivity contribution in [1.29, 1.82) is 0 Å². The maximum Gasteiger partial charge on any atom is 0.334 e. The van der Waals surface area contributed by atoms with E-state index >= 15 is 0 Å². The zero-order chi connectivity index (χ0) is 22.4. The van der Waals surface area contributed by atoms with Crippen LogP contribution >= 0.6 is 0 Å². The van der Waals surface area contributed by atoms with Crippen LogP contribution in [0.15, 0.2) is 29.8 Å². The molecule has 3 fully saturated rings. The molecule has 172 valence electrons. The molecule has 2 bridgehead atoms. The zero-order valence-corrected chi connectivity index (χ0v) is 19.7. The molecule has 4 aliphatic carbocycles. The monoisotopic (exact) mass is 438 g/mol. The van der Waals surface area contributed by atoms with Crippen LogP contribution in [0.25, 0.3) is 0 Å². The Morgan fingerprint density at radius 3 is 2.56 bits per heavy atom. The van der Waals surface area contributed by atoms with Crippen LogP contribution in [0, 0.1) is 22.2 Å². The molecular weight excluding hydrogens is 404 g/mol. The maximum absolute atomic E-state index is 13.2. The summed E-state index contributed by atoms with van der Waals surface area (Å²) in [6.45, 7) is 5.65.